The molecule has 1 fully saturated rings. The fourth-order valence-electron chi connectivity index (χ4n) is 2.16. The Labute approximate surface area is 124 Å². The highest BCUT2D eigenvalue weighted by atomic mass is 35.5. The molecule has 1 aromatic carbocycles. The zero-order valence-corrected chi connectivity index (χ0v) is 12.1. The molecule has 1 aromatic rings. The van der Waals surface area contributed by atoms with Crippen molar-refractivity contribution in [3.63, 3.8) is 0 Å². The number of amides is 1. The molecule has 5 nitrogen and oxygen atoms in total. The van der Waals surface area contributed by atoms with Crippen molar-refractivity contribution in [2.45, 2.75) is 12.5 Å². The van der Waals surface area contributed by atoms with Crippen LogP contribution in [0.5, 0.6) is 0 Å². The molecule has 0 bridgehead atoms. The number of nitrogens with zero attached hydrogens (tertiary/aromatic N) is 1. The molecule has 0 saturated carbocycles. The second-order valence-corrected chi connectivity index (χ2v) is 4.76. The van der Waals surface area contributed by atoms with Gasteiger partial charge in [-0.15, -0.1) is 12.4 Å². The van der Waals surface area contributed by atoms with Gasteiger partial charge in [0.05, 0.1) is 19.1 Å². The largest absolute Gasteiger partial charge is 0.469 e. The first-order valence-electron chi connectivity index (χ1n) is 6.28. The van der Waals surface area contributed by atoms with Gasteiger partial charge in [-0.25, -0.2) is 0 Å². The summed E-state index contributed by atoms with van der Waals surface area (Å²) in [4.78, 5) is 24.9. The Kier molecular flexibility index (Phi) is 5.98. The average Bonchev–Trinajstić information content (AvgIpc) is 2.37. The van der Waals surface area contributed by atoms with Crippen LogP contribution < -0.4 is 5.73 Å². The van der Waals surface area contributed by atoms with E-state index in [-0.39, 0.29) is 30.2 Å². The van der Waals surface area contributed by atoms with E-state index in [4.69, 9.17) is 5.73 Å². The normalized spacial score (nSPS) is 15.8. The molecular formula is C14H19ClN2O3. The Balaban J connectivity index is 0.00000200. The smallest absolute Gasteiger partial charge is 0.312 e. The summed E-state index contributed by atoms with van der Waals surface area (Å²) < 4.78 is 4.63. The first kappa shape index (κ1) is 16.5. The molecular weight excluding hydrogens is 280 g/mol. The van der Waals surface area contributed by atoms with Gasteiger partial charge in [-0.3, -0.25) is 9.59 Å². The second kappa shape index (κ2) is 7.26. The molecule has 0 aromatic heterocycles. The van der Waals surface area contributed by atoms with Gasteiger partial charge in [0.2, 0.25) is 5.91 Å². The summed E-state index contributed by atoms with van der Waals surface area (Å²) in [5, 5.41) is 0. The monoisotopic (exact) mass is 298 g/mol. The summed E-state index contributed by atoms with van der Waals surface area (Å²) in [7, 11) is 1.36. The van der Waals surface area contributed by atoms with E-state index in [9.17, 15) is 9.59 Å². The van der Waals surface area contributed by atoms with Crippen molar-refractivity contribution in [1.82, 2.24) is 4.90 Å². The molecule has 0 radical (unpaired) electrons. The minimum atomic E-state index is -0.555. The van der Waals surface area contributed by atoms with Crippen molar-refractivity contribution in [2.24, 2.45) is 11.7 Å². The molecule has 110 valence electrons. The van der Waals surface area contributed by atoms with E-state index in [2.05, 4.69) is 4.74 Å². The Bertz CT molecular complexity index is 461. The van der Waals surface area contributed by atoms with Gasteiger partial charge in [-0.1, -0.05) is 30.3 Å². The van der Waals surface area contributed by atoms with E-state index in [1.165, 1.54) is 7.11 Å². The summed E-state index contributed by atoms with van der Waals surface area (Å²) in [6.45, 7) is 0.821. The van der Waals surface area contributed by atoms with Gasteiger partial charge in [-0.2, -0.15) is 0 Å². The van der Waals surface area contributed by atoms with Crippen LogP contribution in [0.15, 0.2) is 30.3 Å². The van der Waals surface area contributed by atoms with Crippen LogP contribution in [0.1, 0.15) is 5.56 Å². The molecule has 1 saturated heterocycles. The van der Waals surface area contributed by atoms with E-state index in [1.54, 1.807) is 4.90 Å². The summed E-state index contributed by atoms with van der Waals surface area (Å²) in [6, 6.07) is 9.10. The number of rotatable bonds is 4. The number of hydrogen-bond acceptors (Lipinski definition) is 4. The van der Waals surface area contributed by atoms with Crippen LogP contribution in [0.4, 0.5) is 0 Å². The van der Waals surface area contributed by atoms with Crippen molar-refractivity contribution in [3.05, 3.63) is 35.9 Å². The number of methoxy groups -OCH3 is 1. The van der Waals surface area contributed by atoms with Crippen LogP contribution in [-0.2, 0) is 20.7 Å². The molecule has 0 aliphatic carbocycles. The number of ether oxygens (including phenoxy) is 1. The van der Waals surface area contributed by atoms with Crippen molar-refractivity contribution in [1.29, 1.82) is 0 Å². The zero-order valence-electron chi connectivity index (χ0n) is 11.3. The SMILES string of the molecule is COC(=O)C1CN(C(=O)C(N)Cc2ccccc2)C1.Cl. The standard InChI is InChI=1S/C14H18N2O3.ClH/c1-19-14(18)11-8-16(9-11)13(17)12(15)7-10-5-3-2-4-6-10;/h2-6,11-12H,7-9,15H2,1H3;1H. The third-order valence-corrected chi connectivity index (χ3v) is 3.34. The van der Waals surface area contributed by atoms with Gasteiger partial charge in [0, 0.05) is 13.1 Å². The molecule has 2 N–H and O–H groups in total. The molecule has 1 atom stereocenters. The minimum Gasteiger partial charge on any atom is -0.469 e. The van der Waals surface area contributed by atoms with Crippen LogP contribution in [0.2, 0.25) is 0 Å². The maximum absolute atomic E-state index is 12.0. The van der Waals surface area contributed by atoms with Gasteiger partial charge >= 0.3 is 5.97 Å². The molecule has 1 unspecified atom stereocenters. The number of hydrogen-bond donors (Lipinski definition) is 1. The number of halogens is 1. The number of carbonyl (C=O) groups excluding carboxylic acids is 2. The van der Waals surface area contributed by atoms with E-state index in [0.29, 0.717) is 19.5 Å². The molecule has 6 heteroatoms. The lowest BCUT2D eigenvalue weighted by molar-refractivity contribution is -0.156. The summed E-state index contributed by atoms with van der Waals surface area (Å²) in [6.07, 6.45) is 0.513. The Morgan fingerprint density at radius 2 is 1.95 bits per heavy atom. The van der Waals surface area contributed by atoms with Crippen molar-refractivity contribution in [3.8, 4) is 0 Å². The molecule has 1 heterocycles. The van der Waals surface area contributed by atoms with E-state index in [1.807, 2.05) is 30.3 Å². The maximum Gasteiger partial charge on any atom is 0.312 e. The molecule has 2 rings (SSSR count). The molecule has 1 aliphatic rings. The number of nitrogens with two attached hydrogens (primary N) is 1. The van der Waals surface area contributed by atoms with Crippen molar-refractivity contribution >= 4 is 24.3 Å². The third kappa shape index (κ3) is 3.71. The van der Waals surface area contributed by atoms with Gasteiger partial charge < -0.3 is 15.4 Å². The van der Waals surface area contributed by atoms with Crippen molar-refractivity contribution in [2.75, 3.05) is 20.2 Å². The number of likely N-dealkylation sites (tertiary alicyclic amines) is 1. The van der Waals surface area contributed by atoms with Gasteiger partial charge in [0.25, 0.3) is 0 Å². The molecule has 1 aliphatic heterocycles. The highest BCUT2D eigenvalue weighted by Gasteiger charge is 2.37. The Morgan fingerprint density at radius 3 is 2.50 bits per heavy atom. The first-order chi connectivity index (χ1) is 9.11. The quantitative estimate of drug-likeness (QED) is 0.827. The highest BCUT2D eigenvalue weighted by Crippen LogP contribution is 2.18. The number of carbonyl (C=O) groups is 2. The van der Waals surface area contributed by atoms with Crippen LogP contribution >= 0.6 is 12.4 Å². The minimum absolute atomic E-state index is 0. The fraction of sp³-hybridized carbons (Fsp3) is 0.429. The summed E-state index contributed by atoms with van der Waals surface area (Å²) >= 11 is 0. The summed E-state index contributed by atoms with van der Waals surface area (Å²) in [5.74, 6) is -0.567. The number of benzene rings is 1. The molecule has 0 spiro atoms. The predicted molar refractivity (Wildman–Crippen MR) is 77.5 cm³/mol. The van der Waals surface area contributed by atoms with Crippen LogP contribution in [0, 0.1) is 5.92 Å². The van der Waals surface area contributed by atoms with Crippen LogP contribution in [0.25, 0.3) is 0 Å². The van der Waals surface area contributed by atoms with Gasteiger partial charge in [0.15, 0.2) is 0 Å². The van der Waals surface area contributed by atoms with Crippen molar-refractivity contribution < 1.29 is 14.3 Å². The van der Waals surface area contributed by atoms with Gasteiger partial charge in [-0.05, 0) is 12.0 Å². The summed E-state index contributed by atoms with van der Waals surface area (Å²) in [5.41, 5.74) is 6.94. The van der Waals surface area contributed by atoms with Crippen LogP contribution in [-0.4, -0.2) is 43.0 Å². The fourth-order valence-corrected chi connectivity index (χ4v) is 2.16. The zero-order chi connectivity index (χ0) is 13.8. The highest BCUT2D eigenvalue weighted by molar-refractivity contribution is 5.85. The van der Waals surface area contributed by atoms with E-state index < -0.39 is 6.04 Å². The molecule has 20 heavy (non-hydrogen) atoms. The van der Waals surface area contributed by atoms with Crippen LogP contribution in [0.3, 0.4) is 0 Å². The molecule has 1 amide bonds. The third-order valence-electron chi connectivity index (χ3n) is 3.34. The average molecular weight is 299 g/mol. The topological polar surface area (TPSA) is 72.6 Å². The lowest BCUT2D eigenvalue weighted by Gasteiger charge is -2.38. The Hall–Kier alpha value is -1.59. The lowest BCUT2D eigenvalue weighted by atomic mass is 9.97. The maximum atomic E-state index is 12.0. The van der Waals surface area contributed by atoms with Gasteiger partial charge in [0.1, 0.15) is 0 Å². The Morgan fingerprint density at radius 1 is 1.35 bits per heavy atom. The second-order valence-electron chi connectivity index (χ2n) is 4.76. The first-order valence-corrected chi connectivity index (χ1v) is 6.28. The number of esters is 1. The lowest BCUT2D eigenvalue weighted by Crippen LogP contribution is -2.57. The van der Waals surface area contributed by atoms with E-state index in [0.717, 1.165) is 5.56 Å². The predicted octanol–water partition coefficient (Wildman–Crippen LogP) is 0.610. The van der Waals surface area contributed by atoms with E-state index >= 15 is 0 Å².